The second-order valence-corrected chi connectivity index (χ2v) is 7.47. The van der Waals surface area contributed by atoms with E-state index in [1.54, 1.807) is 6.07 Å². The number of fused-ring (bicyclic) bond motifs is 1. The van der Waals surface area contributed by atoms with Crippen LogP contribution >= 0.6 is 0 Å². The Hall–Kier alpha value is -2.44. The molecule has 0 aliphatic carbocycles. The van der Waals surface area contributed by atoms with Crippen LogP contribution < -0.4 is 0 Å². The minimum absolute atomic E-state index is 0.0878. The molecule has 144 valence electrons. The number of halogens is 1. The van der Waals surface area contributed by atoms with Crippen molar-refractivity contribution in [1.29, 1.82) is 0 Å². The summed E-state index contributed by atoms with van der Waals surface area (Å²) >= 11 is 0. The number of carbonyl (C=O) groups excluding carboxylic acids is 2. The topological polar surface area (TPSA) is 69.3 Å². The standard InChI is InChI=1S/C20H25FN4O2/c21-14-8-9-15-16(13-14)23-20(22-15)17-5-1-2-12-25(17)19(27)7-4-11-24-10-3-6-18(24)26/h8-9,13,17H,1-7,10-12H2,(H,22,23)/t17-/m1/s1. The van der Waals surface area contributed by atoms with Gasteiger partial charge in [-0.1, -0.05) is 0 Å². The number of aromatic amines is 1. The van der Waals surface area contributed by atoms with Gasteiger partial charge in [-0.2, -0.15) is 0 Å². The Morgan fingerprint density at radius 3 is 2.96 bits per heavy atom. The molecule has 27 heavy (non-hydrogen) atoms. The Morgan fingerprint density at radius 1 is 1.26 bits per heavy atom. The molecular formula is C20H25FN4O2. The summed E-state index contributed by atoms with van der Waals surface area (Å²) in [6, 6.07) is 4.41. The van der Waals surface area contributed by atoms with Crippen molar-refractivity contribution < 1.29 is 14.0 Å². The van der Waals surface area contributed by atoms with E-state index in [1.165, 1.54) is 12.1 Å². The first-order valence-corrected chi connectivity index (χ1v) is 9.84. The highest BCUT2D eigenvalue weighted by molar-refractivity contribution is 5.79. The lowest BCUT2D eigenvalue weighted by Crippen LogP contribution is -2.39. The molecule has 1 N–H and O–H groups in total. The van der Waals surface area contributed by atoms with Gasteiger partial charge in [0.15, 0.2) is 0 Å². The molecule has 0 bridgehead atoms. The molecule has 1 atom stereocenters. The summed E-state index contributed by atoms with van der Waals surface area (Å²) in [5, 5.41) is 0. The largest absolute Gasteiger partial charge is 0.343 e. The van der Waals surface area contributed by atoms with Gasteiger partial charge in [0.1, 0.15) is 11.6 Å². The lowest BCUT2D eigenvalue weighted by Gasteiger charge is -2.34. The van der Waals surface area contributed by atoms with Crippen molar-refractivity contribution in [2.24, 2.45) is 0 Å². The molecule has 1 aromatic carbocycles. The van der Waals surface area contributed by atoms with E-state index in [0.717, 1.165) is 50.1 Å². The van der Waals surface area contributed by atoms with E-state index in [0.29, 0.717) is 31.3 Å². The average molecular weight is 372 g/mol. The summed E-state index contributed by atoms with van der Waals surface area (Å²) in [5.41, 5.74) is 1.38. The third-order valence-electron chi connectivity index (χ3n) is 5.59. The highest BCUT2D eigenvalue weighted by atomic mass is 19.1. The van der Waals surface area contributed by atoms with E-state index < -0.39 is 0 Å². The van der Waals surface area contributed by atoms with E-state index in [-0.39, 0.29) is 23.7 Å². The molecule has 0 unspecified atom stereocenters. The number of likely N-dealkylation sites (tertiary alicyclic amines) is 2. The SMILES string of the molecule is O=C1CCCN1CCCC(=O)N1CCCC[C@@H]1c1nc2ccc(F)cc2[nH]1. The smallest absolute Gasteiger partial charge is 0.223 e. The molecular weight excluding hydrogens is 347 g/mol. The van der Waals surface area contributed by atoms with Crippen molar-refractivity contribution in [1.82, 2.24) is 19.8 Å². The highest BCUT2D eigenvalue weighted by Gasteiger charge is 2.30. The summed E-state index contributed by atoms with van der Waals surface area (Å²) in [7, 11) is 0. The quantitative estimate of drug-likeness (QED) is 0.877. The number of rotatable bonds is 5. The zero-order valence-corrected chi connectivity index (χ0v) is 15.4. The fourth-order valence-electron chi connectivity index (χ4n) is 4.18. The molecule has 2 aliphatic heterocycles. The first kappa shape index (κ1) is 17.9. The van der Waals surface area contributed by atoms with E-state index in [2.05, 4.69) is 9.97 Å². The number of aromatic nitrogens is 2. The zero-order valence-electron chi connectivity index (χ0n) is 15.4. The monoisotopic (exact) mass is 372 g/mol. The molecule has 3 heterocycles. The Morgan fingerprint density at radius 2 is 2.15 bits per heavy atom. The van der Waals surface area contributed by atoms with Crippen molar-refractivity contribution in [3.63, 3.8) is 0 Å². The minimum atomic E-state index is -0.300. The predicted octanol–water partition coefficient (Wildman–Crippen LogP) is 3.16. The Balaban J connectivity index is 1.43. The molecule has 7 heteroatoms. The summed E-state index contributed by atoms with van der Waals surface area (Å²) in [6.45, 7) is 2.19. The molecule has 1 aromatic heterocycles. The second kappa shape index (κ2) is 7.66. The number of hydrogen-bond donors (Lipinski definition) is 1. The van der Waals surface area contributed by atoms with Gasteiger partial charge in [-0.15, -0.1) is 0 Å². The van der Waals surface area contributed by atoms with Crippen LogP contribution in [0.5, 0.6) is 0 Å². The normalized spacial score (nSPS) is 20.6. The molecule has 2 aromatic rings. The van der Waals surface area contributed by atoms with Crippen molar-refractivity contribution in [2.75, 3.05) is 19.6 Å². The van der Waals surface area contributed by atoms with Crippen molar-refractivity contribution in [2.45, 2.75) is 51.0 Å². The molecule has 2 saturated heterocycles. The molecule has 0 spiro atoms. The van der Waals surface area contributed by atoms with Gasteiger partial charge in [0.2, 0.25) is 11.8 Å². The van der Waals surface area contributed by atoms with Gasteiger partial charge in [-0.3, -0.25) is 9.59 Å². The lowest BCUT2D eigenvalue weighted by atomic mass is 10.0. The minimum Gasteiger partial charge on any atom is -0.343 e. The number of piperidine rings is 1. The number of benzene rings is 1. The van der Waals surface area contributed by atoms with Crippen LogP contribution in [0, 0.1) is 5.82 Å². The first-order valence-electron chi connectivity index (χ1n) is 9.84. The van der Waals surface area contributed by atoms with Crippen molar-refractivity contribution >= 4 is 22.8 Å². The number of nitrogens with one attached hydrogen (secondary N) is 1. The van der Waals surface area contributed by atoms with E-state index in [1.807, 2.05) is 9.80 Å². The van der Waals surface area contributed by atoms with Gasteiger partial charge in [0.25, 0.3) is 0 Å². The van der Waals surface area contributed by atoms with Crippen LogP contribution in [0.1, 0.15) is 56.8 Å². The molecule has 2 aliphatic rings. The van der Waals surface area contributed by atoms with Crippen molar-refractivity contribution in [3.05, 3.63) is 29.8 Å². The number of hydrogen-bond acceptors (Lipinski definition) is 3. The van der Waals surface area contributed by atoms with Crippen LogP contribution in [-0.2, 0) is 9.59 Å². The van der Waals surface area contributed by atoms with Gasteiger partial charge in [0.05, 0.1) is 17.1 Å². The maximum atomic E-state index is 13.4. The van der Waals surface area contributed by atoms with Crippen LogP contribution in [0.3, 0.4) is 0 Å². The fourth-order valence-corrected chi connectivity index (χ4v) is 4.18. The van der Waals surface area contributed by atoms with Gasteiger partial charge >= 0.3 is 0 Å². The van der Waals surface area contributed by atoms with Gasteiger partial charge in [-0.05, 0) is 50.3 Å². The highest BCUT2D eigenvalue weighted by Crippen LogP contribution is 2.31. The molecule has 2 amide bonds. The van der Waals surface area contributed by atoms with Crippen LogP contribution in [0.15, 0.2) is 18.2 Å². The Kier molecular flexibility index (Phi) is 5.09. The van der Waals surface area contributed by atoms with E-state index in [4.69, 9.17) is 0 Å². The number of nitrogens with zero attached hydrogens (tertiary/aromatic N) is 3. The van der Waals surface area contributed by atoms with Crippen LogP contribution in [-0.4, -0.2) is 51.2 Å². The summed E-state index contributed by atoms with van der Waals surface area (Å²) in [4.78, 5) is 36.1. The summed E-state index contributed by atoms with van der Waals surface area (Å²) in [6.07, 6.45) is 5.58. The average Bonchev–Trinajstić information content (AvgIpc) is 3.27. The van der Waals surface area contributed by atoms with Crippen LogP contribution in [0.4, 0.5) is 4.39 Å². The number of H-pyrrole nitrogens is 1. The maximum absolute atomic E-state index is 13.4. The van der Waals surface area contributed by atoms with Crippen molar-refractivity contribution in [3.8, 4) is 0 Å². The third kappa shape index (κ3) is 3.82. The van der Waals surface area contributed by atoms with E-state index >= 15 is 0 Å². The molecule has 0 radical (unpaired) electrons. The van der Waals surface area contributed by atoms with Gasteiger partial charge in [0, 0.05) is 32.5 Å². The maximum Gasteiger partial charge on any atom is 0.223 e. The van der Waals surface area contributed by atoms with E-state index in [9.17, 15) is 14.0 Å². The summed E-state index contributed by atoms with van der Waals surface area (Å²) in [5.74, 6) is 0.745. The summed E-state index contributed by atoms with van der Waals surface area (Å²) < 4.78 is 13.4. The second-order valence-electron chi connectivity index (χ2n) is 7.47. The Labute approximate surface area is 157 Å². The Bertz CT molecular complexity index is 850. The number of carbonyl (C=O) groups is 2. The molecule has 4 rings (SSSR count). The molecule has 0 saturated carbocycles. The number of imidazole rings is 1. The van der Waals surface area contributed by atoms with Gasteiger partial charge < -0.3 is 14.8 Å². The molecule has 6 nitrogen and oxygen atoms in total. The predicted molar refractivity (Wildman–Crippen MR) is 99.4 cm³/mol. The lowest BCUT2D eigenvalue weighted by molar-refractivity contribution is -0.136. The van der Waals surface area contributed by atoms with Gasteiger partial charge in [-0.25, -0.2) is 9.37 Å². The number of amides is 2. The zero-order chi connectivity index (χ0) is 18.8. The van der Waals surface area contributed by atoms with Crippen LogP contribution in [0.25, 0.3) is 11.0 Å². The third-order valence-corrected chi connectivity index (χ3v) is 5.59. The molecule has 2 fully saturated rings. The van der Waals surface area contributed by atoms with Crippen LogP contribution in [0.2, 0.25) is 0 Å². The first-order chi connectivity index (χ1) is 13.1. The fraction of sp³-hybridized carbons (Fsp3) is 0.550.